The molecule has 0 saturated heterocycles. The zero-order valence-corrected chi connectivity index (χ0v) is 24.7. The molecule has 3 aromatic carbocycles. The van der Waals surface area contributed by atoms with E-state index in [1.807, 2.05) is 56.3 Å². The predicted octanol–water partition coefficient (Wildman–Crippen LogP) is 3.75. The van der Waals surface area contributed by atoms with Crippen molar-refractivity contribution < 1.29 is 33.9 Å². The number of nitrogens with one attached hydrogen (secondary N) is 3. The molecule has 0 saturated carbocycles. The highest BCUT2D eigenvalue weighted by Crippen LogP contribution is 2.27. The third-order valence-corrected chi connectivity index (χ3v) is 7.38. The zero-order chi connectivity index (χ0) is 30.3. The molecule has 3 aromatic rings. The number of rotatable bonds is 13. The normalized spacial score (nSPS) is 17.6. The van der Waals surface area contributed by atoms with Crippen LogP contribution in [0.3, 0.4) is 0 Å². The Bertz CT molecular complexity index is 1490. The van der Waals surface area contributed by atoms with Crippen LogP contribution in [0.1, 0.15) is 30.6 Å². The molecule has 4 N–H and O–H groups in total. The van der Waals surface area contributed by atoms with E-state index in [9.17, 15) is 24.3 Å². The molecule has 42 heavy (non-hydrogen) atoms. The average molecular weight is 639 g/mol. The van der Waals surface area contributed by atoms with Crippen LogP contribution in [0.5, 0.6) is 5.75 Å². The summed E-state index contributed by atoms with van der Waals surface area (Å²) in [6.07, 6.45) is 0.902. The number of hydrogen-bond donors (Lipinski definition) is 4. The minimum atomic E-state index is -1.78. The SMILES string of the molecule is CC(C)[C@H](NC(=O)c1ccc2ccccc2c1)C1=CC(COc2ccccc2)(C(=O)N[C@@H](CC(=O)O)C(=O)CBr)ON1. The third kappa shape index (κ3) is 7.34. The van der Waals surface area contributed by atoms with E-state index in [1.54, 1.807) is 30.3 Å². The second-order valence-electron chi connectivity index (χ2n) is 10.3. The number of amides is 2. The van der Waals surface area contributed by atoms with Crippen LogP contribution in [0.15, 0.2) is 84.6 Å². The van der Waals surface area contributed by atoms with Gasteiger partial charge in [-0.2, -0.15) is 0 Å². The highest BCUT2D eigenvalue weighted by Gasteiger charge is 2.47. The molecule has 0 aliphatic carbocycles. The number of carboxylic acid groups (broad SMARTS) is 1. The molecule has 0 aromatic heterocycles. The van der Waals surface area contributed by atoms with Crippen LogP contribution < -0.4 is 20.9 Å². The van der Waals surface area contributed by atoms with Gasteiger partial charge in [0.1, 0.15) is 12.4 Å². The first kappa shape index (κ1) is 30.7. The lowest BCUT2D eigenvalue weighted by atomic mass is 9.95. The topological polar surface area (TPSA) is 143 Å². The molecular weight excluding hydrogens is 606 g/mol. The summed E-state index contributed by atoms with van der Waals surface area (Å²) in [5.74, 6) is -2.50. The van der Waals surface area contributed by atoms with Crippen molar-refractivity contribution in [1.82, 2.24) is 16.1 Å². The number of fused-ring (bicyclic) bond motifs is 1. The number of hydroxylamine groups is 1. The fourth-order valence-corrected chi connectivity index (χ4v) is 4.91. The van der Waals surface area contributed by atoms with Crippen molar-refractivity contribution >= 4 is 50.3 Å². The van der Waals surface area contributed by atoms with Gasteiger partial charge in [0.2, 0.25) is 5.60 Å². The molecule has 2 amide bonds. The van der Waals surface area contributed by atoms with Gasteiger partial charge in [-0.3, -0.25) is 29.5 Å². The van der Waals surface area contributed by atoms with Crippen LogP contribution >= 0.6 is 15.9 Å². The van der Waals surface area contributed by atoms with Crippen LogP contribution in [0.2, 0.25) is 0 Å². The van der Waals surface area contributed by atoms with Crippen molar-refractivity contribution in [2.24, 2.45) is 5.92 Å². The number of carbonyl (C=O) groups is 4. The number of carbonyl (C=O) groups excluding carboxylic acids is 3. The summed E-state index contributed by atoms with van der Waals surface area (Å²) in [6.45, 7) is 3.52. The first-order chi connectivity index (χ1) is 20.1. The van der Waals surface area contributed by atoms with Gasteiger partial charge in [-0.05, 0) is 47.0 Å². The number of hydrogen-bond acceptors (Lipinski definition) is 7. The van der Waals surface area contributed by atoms with Crippen molar-refractivity contribution in [3.05, 3.63) is 90.1 Å². The third-order valence-electron chi connectivity index (χ3n) is 6.82. The van der Waals surface area contributed by atoms with E-state index < -0.39 is 41.8 Å². The van der Waals surface area contributed by atoms with Crippen LogP contribution in [0, 0.1) is 5.92 Å². The number of benzene rings is 3. The molecule has 0 radical (unpaired) electrons. The van der Waals surface area contributed by atoms with Crippen molar-refractivity contribution in [3.63, 3.8) is 0 Å². The van der Waals surface area contributed by atoms with Gasteiger partial charge in [-0.1, -0.05) is 78.3 Å². The van der Waals surface area contributed by atoms with E-state index in [2.05, 4.69) is 32.0 Å². The Balaban J connectivity index is 1.62. The molecule has 1 aliphatic rings. The van der Waals surface area contributed by atoms with Gasteiger partial charge in [-0.15, -0.1) is 0 Å². The number of ether oxygens (including phenoxy) is 1. The molecule has 0 fully saturated rings. The van der Waals surface area contributed by atoms with Crippen molar-refractivity contribution in [2.75, 3.05) is 11.9 Å². The highest BCUT2D eigenvalue weighted by atomic mass is 79.9. The number of Topliss-reactive ketones (excluding diaryl/α,β-unsaturated/α-hetero) is 1. The van der Waals surface area contributed by atoms with Gasteiger partial charge >= 0.3 is 5.97 Å². The van der Waals surface area contributed by atoms with Gasteiger partial charge in [0.25, 0.3) is 11.8 Å². The number of para-hydroxylation sites is 1. The Labute approximate surface area is 251 Å². The second-order valence-corrected chi connectivity index (χ2v) is 10.8. The van der Waals surface area contributed by atoms with Gasteiger partial charge in [0.05, 0.1) is 29.5 Å². The van der Waals surface area contributed by atoms with Crippen molar-refractivity contribution in [3.8, 4) is 5.75 Å². The first-order valence-electron chi connectivity index (χ1n) is 13.4. The molecule has 4 rings (SSSR count). The summed E-state index contributed by atoms with van der Waals surface area (Å²) < 4.78 is 5.88. The van der Waals surface area contributed by atoms with Crippen molar-refractivity contribution in [1.29, 1.82) is 0 Å². The Hall–Kier alpha value is -4.22. The lowest BCUT2D eigenvalue weighted by molar-refractivity contribution is -0.150. The number of aliphatic carboxylic acids is 1. The van der Waals surface area contributed by atoms with Crippen LogP contribution in [-0.2, 0) is 19.2 Å². The zero-order valence-electron chi connectivity index (χ0n) is 23.1. The van der Waals surface area contributed by atoms with E-state index in [0.717, 1.165) is 10.8 Å². The Morgan fingerprint density at radius 2 is 1.67 bits per heavy atom. The highest BCUT2D eigenvalue weighted by molar-refractivity contribution is 9.09. The number of carboxylic acids is 1. The van der Waals surface area contributed by atoms with E-state index in [0.29, 0.717) is 17.0 Å². The summed E-state index contributed by atoms with van der Waals surface area (Å²) >= 11 is 3.04. The second kappa shape index (κ2) is 13.6. The molecule has 1 aliphatic heterocycles. The van der Waals surface area contributed by atoms with Crippen LogP contribution in [0.25, 0.3) is 10.8 Å². The molecule has 3 atom stereocenters. The molecule has 10 nitrogen and oxygen atoms in total. The van der Waals surface area contributed by atoms with E-state index in [4.69, 9.17) is 9.57 Å². The summed E-state index contributed by atoms with van der Waals surface area (Å²) in [4.78, 5) is 56.6. The largest absolute Gasteiger partial charge is 0.490 e. The van der Waals surface area contributed by atoms with Crippen molar-refractivity contribution in [2.45, 2.75) is 38.0 Å². The smallest absolute Gasteiger partial charge is 0.305 e. The maximum atomic E-state index is 13.7. The lowest BCUT2D eigenvalue weighted by Gasteiger charge is -2.26. The van der Waals surface area contributed by atoms with E-state index in [-0.39, 0.29) is 23.8 Å². The molecular formula is C31H32BrN3O7. The Morgan fingerprint density at radius 1 is 0.976 bits per heavy atom. The van der Waals surface area contributed by atoms with Gasteiger partial charge in [-0.25, -0.2) is 0 Å². The molecule has 0 bridgehead atoms. The Morgan fingerprint density at radius 3 is 2.33 bits per heavy atom. The lowest BCUT2D eigenvalue weighted by Crippen LogP contribution is -2.55. The summed E-state index contributed by atoms with van der Waals surface area (Å²) in [5, 5.41) is 16.6. The molecule has 220 valence electrons. The maximum Gasteiger partial charge on any atom is 0.305 e. The fraction of sp³-hybridized carbons (Fsp3) is 0.290. The van der Waals surface area contributed by atoms with Crippen LogP contribution in [-0.4, -0.2) is 58.3 Å². The molecule has 1 unspecified atom stereocenters. The minimum Gasteiger partial charge on any atom is -0.490 e. The first-order valence-corrected chi connectivity index (χ1v) is 14.5. The standard InChI is InChI=1S/C31H32BrN3O7/c1-19(2)28(34-29(39)22-13-12-20-8-6-7-9-21(20)14-22)25-16-31(42-35-25,18-41-23-10-4-3-5-11-23)30(40)33-24(15-27(37)38)26(36)17-32/h3-14,16,19,24,28,35H,15,17-18H2,1-2H3,(H,33,40)(H,34,39)(H,37,38)/t24-,28-,31?/m0/s1. The Kier molecular flexibility index (Phi) is 9.97. The number of halogens is 1. The molecule has 1 heterocycles. The summed E-state index contributed by atoms with van der Waals surface area (Å²) in [7, 11) is 0. The van der Waals surface area contributed by atoms with Crippen LogP contribution in [0.4, 0.5) is 0 Å². The molecule has 0 spiro atoms. The molecule has 11 heteroatoms. The summed E-state index contributed by atoms with van der Waals surface area (Å²) in [5.41, 5.74) is 1.88. The number of alkyl halides is 1. The van der Waals surface area contributed by atoms with Gasteiger partial charge in [0, 0.05) is 5.56 Å². The minimum absolute atomic E-state index is 0.125. The number of ketones is 1. The van der Waals surface area contributed by atoms with E-state index >= 15 is 0 Å². The maximum absolute atomic E-state index is 13.7. The predicted molar refractivity (Wildman–Crippen MR) is 160 cm³/mol. The quantitative estimate of drug-likeness (QED) is 0.208. The monoisotopic (exact) mass is 637 g/mol. The average Bonchev–Trinajstić information content (AvgIpc) is 3.43. The van der Waals surface area contributed by atoms with Gasteiger partial charge < -0.3 is 20.5 Å². The fourth-order valence-electron chi connectivity index (χ4n) is 4.52. The van der Waals surface area contributed by atoms with E-state index in [1.165, 1.54) is 6.08 Å². The summed E-state index contributed by atoms with van der Waals surface area (Å²) in [6, 6.07) is 20.1. The van der Waals surface area contributed by atoms with Gasteiger partial charge in [0.15, 0.2) is 5.78 Å².